The van der Waals surface area contributed by atoms with Gasteiger partial charge in [0.05, 0.1) is 18.1 Å². The lowest BCUT2D eigenvalue weighted by Crippen LogP contribution is -2.51. The van der Waals surface area contributed by atoms with E-state index in [1.807, 2.05) is 117 Å². The van der Waals surface area contributed by atoms with E-state index in [1.165, 1.54) is 18.1 Å². The summed E-state index contributed by atoms with van der Waals surface area (Å²) in [6, 6.07) is 15.8. The lowest BCUT2D eigenvalue weighted by atomic mass is 10.1. The van der Waals surface area contributed by atoms with Crippen LogP contribution in [-0.4, -0.2) is 90.4 Å². The Hall–Kier alpha value is -4.68. The van der Waals surface area contributed by atoms with Crippen molar-refractivity contribution in [3.05, 3.63) is 88.0 Å². The molecule has 3 amide bonds. The molecule has 0 fully saturated rings. The van der Waals surface area contributed by atoms with E-state index in [-0.39, 0.29) is 107 Å². The molecule has 3 rings (SSSR count). The van der Waals surface area contributed by atoms with E-state index in [2.05, 4.69) is 16.0 Å². The molecular weight excluding hydrogens is 918 g/mol. The van der Waals surface area contributed by atoms with Crippen LogP contribution >= 0.6 is 39.4 Å². The minimum absolute atomic E-state index is 0. The van der Waals surface area contributed by atoms with Gasteiger partial charge in [0.1, 0.15) is 54.5 Å². The number of rotatable bonds is 20. The first-order valence-corrected chi connectivity index (χ1v) is 21.7. The third-order valence-electron chi connectivity index (χ3n) is 9.25. The summed E-state index contributed by atoms with van der Waals surface area (Å²) in [5, 5.41) is 16.7. The first kappa shape index (κ1) is 66.6. The molecule has 0 aliphatic rings. The van der Waals surface area contributed by atoms with Gasteiger partial charge in [-0.3, -0.25) is 14.4 Å². The summed E-state index contributed by atoms with van der Waals surface area (Å²) >= 11 is 0. The number of hydrogen-bond acceptors (Lipinski definition) is 11. The number of carboxylic acids is 1. The standard InChI is InChI=1S/C22H34N2O5.C16H24N2O4.C11H17NO.ClH.2H2S/c1-14-9-8-10-15(2)19(14)28-13-16(3)23-20(26)18(12-11-17(4)25)24-21(27)29-22(5,6)7;1-10-5-4-6-11(2)15(10)22-9-12(3)18-16(21)13(17)7-8-14(19)20;1-8-5-4-6-9(2)11(8)13-7-10(3)12;;;/h8-10,16,18H,11-13H2,1-7H3,(H,23,26)(H,24,27);4-6,12-13H,7-9,17H2,1-3H3,(H,18,21)(H,19,20);4-6,10H,7,12H2,1-3H3;1H;2*1H2/t16?,18-;12?,13-;;;;/m00..../s1. The third-order valence-corrected chi connectivity index (χ3v) is 9.25. The van der Waals surface area contributed by atoms with Crippen LogP contribution in [0.1, 0.15) is 108 Å². The fourth-order valence-corrected chi connectivity index (χ4v) is 5.96. The molecule has 15 nitrogen and oxygen atoms in total. The van der Waals surface area contributed by atoms with Crippen LogP contribution in [0.4, 0.5) is 4.79 Å². The number of halogens is 1. The molecule has 0 heterocycles. The number of alkyl carbamates (subject to hydrolysis) is 1. The maximum absolute atomic E-state index is 12.7. The van der Waals surface area contributed by atoms with Gasteiger partial charge in [0.25, 0.3) is 0 Å². The van der Waals surface area contributed by atoms with Gasteiger partial charge in [-0.15, -0.1) is 12.4 Å². The molecule has 380 valence electrons. The molecule has 3 unspecified atom stereocenters. The number of aliphatic carboxylic acids is 1. The second-order valence-corrected chi connectivity index (χ2v) is 17.4. The molecular formula is C49H80ClN5O10S2. The SMILES string of the molecule is CC(=O)CC[C@H](NC(=O)OC(C)(C)C)C(=O)NC(C)COc1c(C)cccc1C.Cc1cccc(C)c1OCC(C)N.Cc1cccc(C)c1OCC(C)NC(=O)[C@@H](N)CCC(=O)O.Cl.S.S. The van der Waals surface area contributed by atoms with Crippen LogP contribution in [-0.2, 0) is 23.9 Å². The fraction of sp³-hybridized carbons (Fsp3) is 0.531. The number of carbonyl (C=O) groups is 5. The maximum atomic E-state index is 12.7. The van der Waals surface area contributed by atoms with Gasteiger partial charge in [0, 0.05) is 18.9 Å². The Kier molecular flexibility index (Phi) is 33.5. The Morgan fingerprint density at radius 2 is 0.955 bits per heavy atom. The molecule has 0 bridgehead atoms. The predicted molar refractivity (Wildman–Crippen MR) is 279 cm³/mol. The van der Waals surface area contributed by atoms with Crippen molar-refractivity contribution in [3.63, 3.8) is 0 Å². The summed E-state index contributed by atoms with van der Waals surface area (Å²) in [7, 11) is 0. The number of para-hydroxylation sites is 3. The number of hydrogen-bond donors (Lipinski definition) is 6. The van der Waals surface area contributed by atoms with E-state index in [1.54, 1.807) is 20.8 Å². The topological polar surface area (TPSA) is 231 Å². The summed E-state index contributed by atoms with van der Waals surface area (Å²) in [6.45, 7) is 25.4. The molecule has 3 aromatic rings. The molecule has 0 aliphatic carbocycles. The van der Waals surface area contributed by atoms with Crippen molar-refractivity contribution >= 4 is 69.1 Å². The summed E-state index contributed by atoms with van der Waals surface area (Å²) < 4.78 is 22.5. The third kappa shape index (κ3) is 28.3. The fourth-order valence-electron chi connectivity index (χ4n) is 5.96. The van der Waals surface area contributed by atoms with E-state index >= 15 is 0 Å². The molecule has 18 heteroatoms. The summed E-state index contributed by atoms with van der Waals surface area (Å²) in [6.07, 6.45) is -0.319. The van der Waals surface area contributed by atoms with Crippen LogP contribution in [0.3, 0.4) is 0 Å². The molecule has 0 radical (unpaired) electrons. The van der Waals surface area contributed by atoms with Crippen LogP contribution in [0.25, 0.3) is 0 Å². The second kappa shape index (κ2) is 33.7. The van der Waals surface area contributed by atoms with Gasteiger partial charge in [-0.25, -0.2) is 4.79 Å². The molecule has 8 N–H and O–H groups in total. The van der Waals surface area contributed by atoms with Gasteiger partial charge >= 0.3 is 12.1 Å². The van der Waals surface area contributed by atoms with Gasteiger partial charge in [-0.2, -0.15) is 27.0 Å². The Balaban J connectivity index is -0.000000955. The Morgan fingerprint density at radius 1 is 0.597 bits per heavy atom. The lowest BCUT2D eigenvalue weighted by Gasteiger charge is -2.24. The van der Waals surface area contributed by atoms with Crippen molar-refractivity contribution in [1.82, 2.24) is 16.0 Å². The van der Waals surface area contributed by atoms with Crippen molar-refractivity contribution in [2.24, 2.45) is 11.5 Å². The monoisotopic (exact) mass is 998 g/mol. The van der Waals surface area contributed by atoms with Crippen LogP contribution < -0.4 is 41.6 Å². The maximum Gasteiger partial charge on any atom is 0.408 e. The number of aryl methyl sites for hydroxylation is 6. The highest BCUT2D eigenvalue weighted by Crippen LogP contribution is 2.24. The van der Waals surface area contributed by atoms with E-state index in [0.717, 1.165) is 39.5 Å². The molecule has 0 aromatic heterocycles. The minimum atomic E-state index is -0.963. The average Bonchev–Trinajstić information content (AvgIpc) is 3.17. The summed E-state index contributed by atoms with van der Waals surface area (Å²) in [4.78, 5) is 58.4. The molecule has 0 saturated carbocycles. The Bertz CT molecular complexity index is 1920. The highest BCUT2D eigenvalue weighted by Gasteiger charge is 2.26. The van der Waals surface area contributed by atoms with Crippen molar-refractivity contribution in [2.45, 2.75) is 152 Å². The Morgan fingerprint density at radius 3 is 1.28 bits per heavy atom. The van der Waals surface area contributed by atoms with Crippen LogP contribution in [0, 0.1) is 41.5 Å². The second-order valence-electron chi connectivity index (χ2n) is 17.4. The smallest absolute Gasteiger partial charge is 0.408 e. The van der Waals surface area contributed by atoms with Gasteiger partial charge in [0.2, 0.25) is 11.8 Å². The molecule has 0 spiro atoms. The Labute approximate surface area is 419 Å². The quantitative estimate of drug-likeness (QED) is 0.0646. The zero-order valence-electron chi connectivity index (χ0n) is 41.7. The largest absolute Gasteiger partial charge is 0.491 e. The zero-order valence-corrected chi connectivity index (χ0v) is 44.5. The first-order chi connectivity index (χ1) is 29.8. The molecule has 0 aliphatic heterocycles. The number of amides is 3. The van der Waals surface area contributed by atoms with Gasteiger partial charge in [-0.05, 0) is 136 Å². The number of benzene rings is 3. The van der Waals surface area contributed by atoms with Gasteiger partial charge in [0.15, 0.2) is 0 Å². The minimum Gasteiger partial charge on any atom is -0.491 e. The van der Waals surface area contributed by atoms with E-state index in [9.17, 15) is 24.0 Å². The number of nitrogens with one attached hydrogen (secondary N) is 3. The molecule has 67 heavy (non-hydrogen) atoms. The normalized spacial score (nSPS) is 12.5. The number of ether oxygens (including phenoxy) is 4. The van der Waals surface area contributed by atoms with E-state index < -0.39 is 29.7 Å². The van der Waals surface area contributed by atoms with E-state index in [0.29, 0.717) is 13.2 Å². The predicted octanol–water partition coefficient (Wildman–Crippen LogP) is 7.51. The number of nitrogens with two attached hydrogens (primary N) is 2. The molecule has 5 atom stereocenters. The number of Topliss-reactive ketones (excluding diaryl/α,β-unsaturated/α-hetero) is 1. The summed E-state index contributed by atoms with van der Waals surface area (Å²) in [5.41, 5.74) is 17.0. The highest BCUT2D eigenvalue weighted by atomic mass is 35.5. The van der Waals surface area contributed by atoms with Crippen molar-refractivity contribution < 1.29 is 48.0 Å². The number of ketones is 1. The van der Waals surface area contributed by atoms with Gasteiger partial charge in [-0.1, -0.05) is 54.6 Å². The molecule has 0 saturated heterocycles. The van der Waals surface area contributed by atoms with Crippen LogP contribution in [0.2, 0.25) is 0 Å². The van der Waals surface area contributed by atoms with Crippen molar-refractivity contribution in [2.75, 3.05) is 19.8 Å². The highest BCUT2D eigenvalue weighted by molar-refractivity contribution is 7.59. The van der Waals surface area contributed by atoms with Gasteiger partial charge < -0.3 is 56.3 Å². The zero-order chi connectivity index (χ0) is 48.7. The number of carboxylic acid groups (broad SMARTS) is 1. The van der Waals surface area contributed by atoms with Crippen LogP contribution in [0.15, 0.2) is 54.6 Å². The van der Waals surface area contributed by atoms with Crippen molar-refractivity contribution in [1.29, 1.82) is 0 Å². The molecule has 3 aromatic carbocycles. The van der Waals surface area contributed by atoms with E-state index in [4.69, 9.17) is 35.5 Å². The lowest BCUT2D eigenvalue weighted by molar-refractivity contribution is -0.137. The van der Waals surface area contributed by atoms with Crippen LogP contribution in [0.5, 0.6) is 17.2 Å². The first-order valence-electron chi connectivity index (χ1n) is 21.7. The average molecular weight is 999 g/mol. The summed E-state index contributed by atoms with van der Waals surface area (Å²) in [5.74, 6) is 0.829. The number of carbonyl (C=O) groups excluding carboxylic acids is 4. The van der Waals surface area contributed by atoms with Crippen molar-refractivity contribution in [3.8, 4) is 17.2 Å².